The van der Waals surface area contributed by atoms with E-state index in [9.17, 15) is 9.90 Å². The molecule has 0 unspecified atom stereocenters. The van der Waals surface area contributed by atoms with Gasteiger partial charge in [-0.15, -0.1) is 0 Å². The van der Waals surface area contributed by atoms with Crippen molar-refractivity contribution in [2.24, 2.45) is 10.1 Å². The summed E-state index contributed by atoms with van der Waals surface area (Å²) in [6.07, 6.45) is 2.48. The maximum atomic E-state index is 12.7. The van der Waals surface area contributed by atoms with Crippen molar-refractivity contribution in [2.45, 2.75) is 12.5 Å². The van der Waals surface area contributed by atoms with E-state index in [1.807, 2.05) is 59.6 Å². The molecule has 5 rings (SSSR count). The highest BCUT2D eigenvalue weighted by molar-refractivity contribution is 8.18. The SMILES string of the molecule is COc1ccc([C@@H]2CC(c3ccccc3)=NN2C2=NC(=O)/C(=C/c3ccc(O)cc3)S2)cc1. The Bertz CT molecular complexity index is 1270. The molecular formula is C26H21N3O3S. The van der Waals surface area contributed by atoms with Crippen LogP contribution in [0.2, 0.25) is 0 Å². The van der Waals surface area contributed by atoms with E-state index in [0.29, 0.717) is 16.5 Å². The van der Waals surface area contributed by atoms with Crippen LogP contribution in [-0.4, -0.2) is 34.0 Å². The van der Waals surface area contributed by atoms with Crippen LogP contribution in [0.5, 0.6) is 11.5 Å². The molecule has 1 amide bonds. The molecular weight excluding hydrogens is 434 g/mol. The zero-order valence-electron chi connectivity index (χ0n) is 17.9. The number of hydrogen-bond acceptors (Lipinski definition) is 6. The Morgan fingerprint density at radius 1 is 1.03 bits per heavy atom. The van der Waals surface area contributed by atoms with Crippen molar-refractivity contribution in [1.82, 2.24) is 5.01 Å². The lowest BCUT2D eigenvalue weighted by atomic mass is 9.98. The average Bonchev–Trinajstić information content (AvgIpc) is 3.45. The van der Waals surface area contributed by atoms with Crippen molar-refractivity contribution < 1.29 is 14.6 Å². The van der Waals surface area contributed by atoms with Crippen molar-refractivity contribution in [2.75, 3.05) is 7.11 Å². The van der Waals surface area contributed by atoms with Crippen LogP contribution >= 0.6 is 11.8 Å². The van der Waals surface area contributed by atoms with Crippen molar-refractivity contribution in [1.29, 1.82) is 0 Å². The predicted molar refractivity (Wildman–Crippen MR) is 131 cm³/mol. The molecule has 3 aromatic carbocycles. The summed E-state index contributed by atoms with van der Waals surface area (Å²) in [5.74, 6) is 0.677. The highest BCUT2D eigenvalue weighted by Gasteiger charge is 2.36. The molecule has 1 N–H and O–H groups in total. The van der Waals surface area contributed by atoms with Crippen LogP contribution in [0.4, 0.5) is 0 Å². The van der Waals surface area contributed by atoms with Gasteiger partial charge in [-0.1, -0.05) is 54.6 Å². The van der Waals surface area contributed by atoms with Gasteiger partial charge < -0.3 is 9.84 Å². The smallest absolute Gasteiger partial charge is 0.286 e. The Balaban J connectivity index is 1.47. The fourth-order valence-electron chi connectivity index (χ4n) is 3.80. The lowest BCUT2D eigenvalue weighted by Crippen LogP contribution is -2.23. The molecule has 0 fully saturated rings. The summed E-state index contributed by atoms with van der Waals surface area (Å²) < 4.78 is 5.30. The molecule has 2 aliphatic heterocycles. The van der Waals surface area contributed by atoms with E-state index < -0.39 is 0 Å². The molecule has 0 saturated heterocycles. The van der Waals surface area contributed by atoms with Gasteiger partial charge in [0.25, 0.3) is 5.91 Å². The zero-order valence-corrected chi connectivity index (χ0v) is 18.7. The first-order chi connectivity index (χ1) is 16.1. The van der Waals surface area contributed by atoms with Crippen LogP contribution in [0.15, 0.2) is 93.9 Å². The maximum Gasteiger partial charge on any atom is 0.286 e. The second kappa shape index (κ2) is 8.96. The van der Waals surface area contributed by atoms with Crippen LogP contribution in [-0.2, 0) is 4.79 Å². The molecule has 7 heteroatoms. The van der Waals surface area contributed by atoms with Gasteiger partial charge >= 0.3 is 0 Å². The van der Waals surface area contributed by atoms with Crippen LogP contribution < -0.4 is 4.74 Å². The first-order valence-electron chi connectivity index (χ1n) is 10.5. The number of ether oxygens (including phenoxy) is 1. The number of phenols is 1. The van der Waals surface area contributed by atoms with E-state index in [1.54, 1.807) is 37.5 Å². The fourth-order valence-corrected chi connectivity index (χ4v) is 4.71. The van der Waals surface area contributed by atoms with Crippen molar-refractivity contribution in [3.63, 3.8) is 0 Å². The number of thioether (sulfide) groups is 1. The van der Waals surface area contributed by atoms with Crippen LogP contribution in [0.1, 0.15) is 29.2 Å². The number of hydrazone groups is 1. The minimum absolute atomic E-state index is 0.0850. The number of carbonyl (C=O) groups is 1. The quantitative estimate of drug-likeness (QED) is 0.546. The summed E-state index contributed by atoms with van der Waals surface area (Å²) in [6, 6.07) is 24.6. The molecule has 0 saturated carbocycles. The average molecular weight is 456 g/mol. The highest BCUT2D eigenvalue weighted by Crippen LogP contribution is 2.40. The number of aliphatic imine (C=N–C) groups is 1. The van der Waals surface area contributed by atoms with Gasteiger partial charge in [0.05, 0.1) is 23.8 Å². The Hall–Kier alpha value is -3.84. The van der Waals surface area contributed by atoms with E-state index in [-0.39, 0.29) is 17.7 Å². The molecule has 3 aromatic rings. The summed E-state index contributed by atoms with van der Waals surface area (Å²) >= 11 is 1.31. The fraction of sp³-hybridized carbons (Fsp3) is 0.115. The molecule has 0 radical (unpaired) electrons. The van der Waals surface area contributed by atoms with Crippen molar-refractivity contribution in [3.05, 3.63) is 100 Å². The van der Waals surface area contributed by atoms with Gasteiger partial charge in [-0.3, -0.25) is 4.79 Å². The number of carbonyl (C=O) groups excluding carboxylic acids is 1. The van der Waals surface area contributed by atoms with Crippen LogP contribution in [0.25, 0.3) is 6.08 Å². The molecule has 0 aliphatic carbocycles. The Morgan fingerprint density at radius 3 is 2.45 bits per heavy atom. The minimum atomic E-state index is -0.292. The zero-order chi connectivity index (χ0) is 22.8. The third kappa shape index (κ3) is 4.40. The number of phenolic OH excluding ortho intramolecular Hbond substituents is 1. The lowest BCUT2D eigenvalue weighted by molar-refractivity contribution is -0.113. The first-order valence-corrected chi connectivity index (χ1v) is 11.3. The summed E-state index contributed by atoms with van der Waals surface area (Å²) in [5.41, 5.74) is 3.88. The van der Waals surface area contributed by atoms with Gasteiger partial charge in [0.1, 0.15) is 11.5 Å². The van der Waals surface area contributed by atoms with E-state index in [4.69, 9.17) is 9.84 Å². The first kappa shape index (κ1) is 21.0. The number of aromatic hydroxyl groups is 1. The van der Waals surface area contributed by atoms with Crippen LogP contribution in [0.3, 0.4) is 0 Å². The van der Waals surface area contributed by atoms with E-state index in [2.05, 4.69) is 4.99 Å². The van der Waals surface area contributed by atoms with Gasteiger partial charge in [-0.25, -0.2) is 5.01 Å². The molecule has 6 nitrogen and oxygen atoms in total. The molecule has 0 bridgehead atoms. The summed E-state index contributed by atoms with van der Waals surface area (Å²) in [6.45, 7) is 0. The summed E-state index contributed by atoms with van der Waals surface area (Å²) in [7, 11) is 1.64. The number of methoxy groups -OCH3 is 1. The van der Waals surface area contributed by atoms with Gasteiger partial charge in [-0.2, -0.15) is 10.1 Å². The normalized spacial score (nSPS) is 19.1. The number of rotatable bonds is 4. The lowest BCUT2D eigenvalue weighted by Gasteiger charge is -2.22. The molecule has 164 valence electrons. The molecule has 33 heavy (non-hydrogen) atoms. The largest absolute Gasteiger partial charge is 0.508 e. The van der Waals surface area contributed by atoms with E-state index >= 15 is 0 Å². The second-order valence-corrected chi connectivity index (χ2v) is 8.66. The number of benzene rings is 3. The van der Waals surface area contributed by atoms with Gasteiger partial charge in [0.2, 0.25) is 0 Å². The second-order valence-electron chi connectivity index (χ2n) is 7.65. The predicted octanol–water partition coefficient (Wildman–Crippen LogP) is 5.22. The number of amidine groups is 1. The molecule has 2 heterocycles. The Kier molecular flexibility index (Phi) is 5.71. The van der Waals surface area contributed by atoms with Crippen molar-refractivity contribution in [3.8, 4) is 11.5 Å². The van der Waals surface area contributed by atoms with Crippen molar-refractivity contribution >= 4 is 34.6 Å². The monoisotopic (exact) mass is 455 g/mol. The van der Waals surface area contributed by atoms with Crippen LogP contribution in [0, 0.1) is 0 Å². The third-order valence-corrected chi connectivity index (χ3v) is 6.49. The molecule has 1 atom stereocenters. The standard InChI is InChI=1S/C26H21N3O3S/c1-32-21-13-9-19(10-14-21)23-16-22(18-5-3-2-4-6-18)28-29(23)26-27-25(31)24(33-26)15-17-7-11-20(30)12-8-17/h2-15,23,30H,16H2,1H3/b24-15-/t23-/m0/s1. The van der Waals surface area contributed by atoms with E-state index in [1.165, 1.54) is 11.8 Å². The number of amides is 1. The molecule has 0 spiro atoms. The van der Waals surface area contributed by atoms with Gasteiger partial charge in [0.15, 0.2) is 5.17 Å². The summed E-state index contributed by atoms with van der Waals surface area (Å²) in [4.78, 5) is 17.5. The topological polar surface area (TPSA) is 74.5 Å². The van der Waals surface area contributed by atoms with E-state index in [0.717, 1.165) is 28.2 Å². The number of nitrogens with zero attached hydrogens (tertiary/aromatic N) is 3. The van der Waals surface area contributed by atoms with Gasteiger partial charge in [0, 0.05) is 6.42 Å². The molecule has 2 aliphatic rings. The van der Waals surface area contributed by atoms with Gasteiger partial charge in [-0.05, 0) is 58.8 Å². The number of hydrogen-bond donors (Lipinski definition) is 1. The Morgan fingerprint density at radius 2 is 1.76 bits per heavy atom. The summed E-state index contributed by atoms with van der Waals surface area (Å²) in [5, 5.41) is 16.8. The Labute approximate surface area is 195 Å². The third-order valence-electron chi connectivity index (χ3n) is 5.51. The minimum Gasteiger partial charge on any atom is -0.508 e. The maximum absolute atomic E-state index is 12.7. The molecule has 0 aromatic heterocycles. The highest BCUT2D eigenvalue weighted by atomic mass is 32.2.